The summed E-state index contributed by atoms with van der Waals surface area (Å²) in [5.41, 5.74) is 4.77. The molecule has 0 unspecified atom stereocenters. The van der Waals surface area contributed by atoms with Crippen LogP contribution in [-0.4, -0.2) is 11.6 Å². The lowest BCUT2D eigenvalue weighted by Crippen LogP contribution is -2.32. The molecule has 1 aliphatic heterocycles. The van der Waals surface area contributed by atoms with E-state index in [1.54, 1.807) is 30.3 Å². The maximum absolute atomic E-state index is 13.5. The first-order valence-electron chi connectivity index (χ1n) is 10.2. The van der Waals surface area contributed by atoms with Crippen LogP contribution in [0.2, 0.25) is 0 Å². The van der Waals surface area contributed by atoms with Gasteiger partial charge < -0.3 is 5.32 Å². The van der Waals surface area contributed by atoms with Gasteiger partial charge in [-0.2, -0.15) is 0 Å². The average Bonchev–Trinajstić information content (AvgIpc) is 3.27. The van der Waals surface area contributed by atoms with Gasteiger partial charge in [0.25, 0.3) is 0 Å². The first-order chi connectivity index (χ1) is 14.6. The highest BCUT2D eigenvalue weighted by atomic mass is 19.1. The zero-order valence-corrected chi connectivity index (χ0v) is 16.1. The minimum absolute atomic E-state index is 0.0119. The SMILES string of the molecule is O=C1c2ccccc2C(=O)c2c1ccc1c2[C@@H]2C=CC[C@@H]2[C@H](c2ccc(F)cc2)N1. The molecular formula is C26H18FNO2. The molecule has 3 aromatic rings. The summed E-state index contributed by atoms with van der Waals surface area (Å²) in [4.78, 5) is 26.6. The van der Waals surface area contributed by atoms with E-state index in [4.69, 9.17) is 0 Å². The lowest BCUT2D eigenvalue weighted by Gasteiger charge is -2.39. The lowest BCUT2D eigenvalue weighted by molar-refractivity contribution is 0.0978. The second-order valence-corrected chi connectivity index (χ2v) is 8.18. The van der Waals surface area contributed by atoms with E-state index in [0.717, 1.165) is 23.2 Å². The predicted molar refractivity (Wildman–Crippen MR) is 113 cm³/mol. The van der Waals surface area contributed by atoms with E-state index in [9.17, 15) is 14.0 Å². The number of halogens is 1. The predicted octanol–water partition coefficient (Wildman–Crippen LogP) is 5.43. The molecule has 0 radical (unpaired) electrons. The van der Waals surface area contributed by atoms with Crippen LogP contribution >= 0.6 is 0 Å². The van der Waals surface area contributed by atoms with Crippen LogP contribution in [0.25, 0.3) is 0 Å². The maximum atomic E-state index is 13.5. The summed E-state index contributed by atoms with van der Waals surface area (Å²) in [6.45, 7) is 0. The molecule has 4 heteroatoms. The Hall–Kier alpha value is -3.53. The van der Waals surface area contributed by atoms with Gasteiger partial charge in [-0.15, -0.1) is 0 Å². The van der Waals surface area contributed by atoms with E-state index in [0.29, 0.717) is 22.3 Å². The van der Waals surface area contributed by atoms with Crippen LogP contribution in [-0.2, 0) is 0 Å². The van der Waals surface area contributed by atoms with E-state index in [2.05, 4.69) is 17.5 Å². The van der Waals surface area contributed by atoms with Gasteiger partial charge in [-0.25, -0.2) is 4.39 Å². The molecule has 1 heterocycles. The smallest absolute Gasteiger partial charge is 0.194 e. The highest BCUT2D eigenvalue weighted by Crippen LogP contribution is 2.52. The third-order valence-corrected chi connectivity index (χ3v) is 6.65. The number of carbonyl (C=O) groups excluding carboxylic acids is 2. The molecule has 2 aliphatic carbocycles. The van der Waals surface area contributed by atoms with Crippen molar-refractivity contribution >= 4 is 17.3 Å². The van der Waals surface area contributed by atoms with Gasteiger partial charge in [0.05, 0.1) is 6.04 Å². The Bertz CT molecular complexity index is 1260. The average molecular weight is 395 g/mol. The molecule has 0 amide bonds. The topological polar surface area (TPSA) is 46.2 Å². The van der Waals surface area contributed by atoms with Crippen LogP contribution in [0.1, 0.15) is 61.4 Å². The summed E-state index contributed by atoms with van der Waals surface area (Å²) >= 11 is 0. The van der Waals surface area contributed by atoms with E-state index < -0.39 is 0 Å². The highest BCUT2D eigenvalue weighted by molar-refractivity contribution is 6.29. The van der Waals surface area contributed by atoms with Crippen molar-refractivity contribution in [1.29, 1.82) is 0 Å². The Morgan fingerprint density at radius 2 is 1.57 bits per heavy atom. The Balaban J connectivity index is 1.53. The van der Waals surface area contributed by atoms with Crippen molar-refractivity contribution in [1.82, 2.24) is 0 Å². The molecule has 30 heavy (non-hydrogen) atoms. The fraction of sp³-hybridized carbons (Fsp3) is 0.154. The van der Waals surface area contributed by atoms with Crippen molar-refractivity contribution in [3.63, 3.8) is 0 Å². The van der Waals surface area contributed by atoms with Crippen molar-refractivity contribution in [2.75, 3.05) is 5.32 Å². The zero-order valence-electron chi connectivity index (χ0n) is 16.1. The van der Waals surface area contributed by atoms with Crippen molar-refractivity contribution in [2.24, 2.45) is 5.92 Å². The number of hydrogen-bond donors (Lipinski definition) is 1. The Morgan fingerprint density at radius 1 is 0.833 bits per heavy atom. The number of carbonyl (C=O) groups is 2. The number of ketones is 2. The van der Waals surface area contributed by atoms with Crippen LogP contribution in [0.4, 0.5) is 10.1 Å². The third-order valence-electron chi connectivity index (χ3n) is 6.65. The van der Waals surface area contributed by atoms with Crippen molar-refractivity contribution in [2.45, 2.75) is 18.4 Å². The van der Waals surface area contributed by atoms with E-state index >= 15 is 0 Å². The Kier molecular flexibility index (Phi) is 3.60. The van der Waals surface area contributed by atoms with Crippen LogP contribution in [0, 0.1) is 11.7 Å². The first-order valence-corrected chi connectivity index (χ1v) is 10.2. The fourth-order valence-electron chi connectivity index (χ4n) is 5.28. The monoisotopic (exact) mass is 395 g/mol. The lowest BCUT2D eigenvalue weighted by atomic mass is 9.71. The molecule has 0 saturated heterocycles. The largest absolute Gasteiger partial charge is 0.378 e. The summed E-state index contributed by atoms with van der Waals surface area (Å²) in [6.07, 6.45) is 5.16. The standard InChI is InChI=1S/C26H18FNO2/c27-15-10-8-14(9-11-15)24-17-7-3-6-16(17)22-21(28-24)13-12-20-23(22)26(30)19-5-2-1-4-18(19)25(20)29/h1-6,8-13,16-17,24,28H,7H2/t16-,17+,24+/m1/s1. The van der Waals surface area contributed by atoms with Gasteiger partial charge in [0.1, 0.15) is 5.82 Å². The minimum atomic E-state index is -0.257. The van der Waals surface area contributed by atoms with E-state index in [1.807, 2.05) is 18.2 Å². The second-order valence-electron chi connectivity index (χ2n) is 8.18. The summed E-state index contributed by atoms with van der Waals surface area (Å²) in [5, 5.41) is 3.59. The molecule has 0 spiro atoms. The van der Waals surface area contributed by atoms with Gasteiger partial charge >= 0.3 is 0 Å². The number of hydrogen-bond acceptors (Lipinski definition) is 3. The van der Waals surface area contributed by atoms with Crippen LogP contribution < -0.4 is 5.32 Å². The Labute approximate surface area is 173 Å². The van der Waals surface area contributed by atoms with Crippen LogP contribution in [0.5, 0.6) is 0 Å². The van der Waals surface area contributed by atoms with Gasteiger partial charge in [-0.05, 0) is 47.7 Å². The summed E-state index contributed by atoms with van der Waals surface area (Å²) < 4.78 is 13.4. The number of rotatable bonds is 1. The molecular weight excluding hydrogens is 377 g/mol. The molecule has 3 aromatic carbocycles. The second kappa shape index (κ2) is 6.23. The maximum Gasteiger partial charge on any atom is 0.194 e. The zero-order chi connectivity index (χ0) is 20.4. The van der Waals surface area contributed by atoms with Gasteiger partial charge in [0, 0.05) is 33.9 Å². The molecule has 3 aliphatic rings. The summed E-state index contributed by atoms with van der Waals surface area (Å²) in [7, 11) is 0. The molecule has 3 atom stereocenters. The normalized spacial score (nSPS) is 23.3. The molecule has 0 fully saturated rings. The molecule has 0 aromatic heterocycles. The van der Waals surface area contributed by atoms with Crippen LogP contribution in [0.15, 0.2) is 72.8 Å². The highest BCUT2D eigenvalue weighted by Gasteiger charge is 2.42. The number of anilines is 1. The van der Waals surface area contributed by atoms with Crippen molar-refractivity contribution in [3.8, 4) is 0 Å². The van der Waals surface area contributed by atoms with Gasteiger partial charge in [0.15, 0.2) is 11.6 Å². The van der Waals surface area contributed by atoms with Crippen molar-refractivity contribution < 1.29 is 14.0 Å². The molecule has 1 N–H and O–H groups in total. The minimum Gasteiger partial charge on any atom is -0.378 e. The number of benzene rings is 3. The quantitative estimate of drug-likeness (QED) is 0.437. The van der Waals surface area contributed by atoms with Gasteiger partial charge in [-0.3, -0.25) is 9.59 Å². The van der Waals surface area contributed by atoms with E-state index in [1.165, 1.54) is 12.1 Å². The molecule has 0 saturated carbocycles. The molecule has 0 bridgehead atoms. The van der Waals surface area contributed by atoms with Gasteiger partial charge in [-0.1, -0.05) is 48.6 Å². The number of allylic oxidation sites excluding steroid dienone is 2. The summed E-state index contributed by atoms with van der Waals surface area (Å²) in [5.74, 6) is -0.198. The Morgan fingerprint density at radius 3 is 2.33 bits per heavy atom. The number of nitrogens with one attached hydrogen (secondary N) is 1. The number of fused-ring (bicyclic) bond motifs is 6. The van der Waals surface area contributed by atoms with Crippen LogP contribution in [0.3, 0.4) is 0 Å². The summed E-state index contributed by atoms with van der Waals surface area (Å²) in [6, 6.07) is 17.3. The first kappa shape index (κ1) is 17.3. The van der Waals surface area contributed by atoms with E-state index in [-0.39, 0.29) is 35.3 Å². The molecule has 6 rings (SSSR count). The fourth-order valence-corrected chi connectivity index (χ4v) is 5.28. The van der Waals surface area contributed by atoms with Gasteiger partial charge in [0.2, 0.25) is 0 Å². The third kappa shape index (κ3) is 2.31. The molecule has 3 nitrogen and oxygen atoms in total. The van der Waals surface area contributed by atoms with Crippen molar-refractivity contribution in [3.05, 3.63) is 112 Å². The molecule has 146 valence electrons.